The van der Waals surface area contributed by atoms with Gasteiger partial charge in [-0.2, -0.15) is 4.68 Å². The van der Waals surface area contributed by atoms with Gasteiger partial charge in [-0.05, 0) is 44.2 Å². The Hall–Kier alpha value is -2.08. The van der Waals surface area contributed by atoms with E-state index in [0.717, 1.165) is 47.9 Å². The van der Waals surface area contributed by atoms with Gasteiger partial charge < -0.3 is 4.57 Å². The fourth-order valence-corrected chi connectivity index (χ4v) is 5.68. The number of aromatic nitrogens is 4. The first-order valence-electron chi connectivity index (χ1n) is 10.1. The van der Waals surface area contributed by atoms with E-state index in [1.165, 1.54) is 36.8 Å². The Kier molecular flexibility index (Phi) is 4.52. The van der Waals surface area contributed by atoms with Gasteiger partial charge in [0.2, 0.25) is 0 Å². The summed E-state index contributed by atoms with van der Waals surface area (Å²) in [5, 5.41) is 6.33. The molecule has 3 heterocycles. The maximum atomic E-state index is 13.2. The molecule has 0 amide bonds. The van der Waals surface area contributed by atoms with Crippen molar-refractivity contribution in [1.82, 2.24) is 19.3 Å². The molecular weight excluding hydrogens is 356 g/mol. The number of nitrogens with zero attached hydrogens (tertiary/aromatic N) is 4. The summed E-state index contributed by atoms with van der Waals surface area (Å²) in [5.41, 5.74) is 2.63. The fourth-order valence-electron chi connectivity index (χ4n) is 4.34. The smallest absolute Gasteiger partial charge is 0.284 e. The lowest BCUT2D eigenvalue weighted by atomic mass is 10.1. The summed E-state index contributed by atoms with van der Waals surface area (Å²) in [7, 11) is 0. The van der Waals surface area contributed by atoms with Crippen LogP contribution in [-0.2, 0) is 13.0 Å². The Bertz CT molecular complexity index is 972. The highest BCUT2D eigenvalue weighted by Crippen LogP contribution is 2.37. The molecule has 0 N–H and O–H groups in total. The van der Waals surface area contributed by atoms with Crippen LogP contribution in [0.25, 0.3) is 17.1 Å². The van der Waals surface area contributed by atoms with Crippen LogP contribution in [0, 0.1) is 0 Å². The Balaban J connectivity index is 1.69. The van der Waals surface area contributed by atoms with Crippen LogP contribution in [0.5, 0.6) is 0 Å². The van der Waals surface area contributed by atoms with Crippen molar-refractivity contribution in [3.8, 4) is 17.1 Å². The van der Waals surface area contributed by atoms with Crippen molar-refractivity contribution < 1.29 is 0 Å². The third kappa shape index (κ3) is 3.10. The molecule has 140 valence electrons. The summed E-state index contributed by atoms with van der Waals surface area (Å²) in [4.78, 5) is 18.1. The number of hydrogen-bond acceptors (Lipinski definition) is 4. The first-order valence-corrected chi connectivity index (χ1v) is 10.9. The van der Waals surface area contributed by atoms with Crippen molar-refractivity contribution in [2.45, 2.75) is 68.3 Å². The first-order chi connectivity index (χ1) is 13.3. The molecule has 1 aromatic rings. The molecule has 4 aliphatic rings. The van der Waals surface area contributed by atoms with E-state index >= 15 is 0 Å². The topological polar surface area (TPSA) is 52.7 Å². The lowest BCUT2D eigenvalue weighted by Gasteiger charge is -2.19. The number of fused-ring (bicyclic) bond motifs is 3. The largest absolute Gasteiger partial charge is 0.324 e. The average molecular weight is 381 g/mol. The number of thioether (sulfide) groups is 1. The van der Waals surface area contributed by atoms with Gasteiger partial charge in [-0.15, -0.1) is 5.10 Å². The predicted molar refractivity (Wildman–Crippen MR) is 108 cm³/mol. The third-order valence-electron chi connectivity index (χ3n) is 5.74. The van der Waals surface area contributed by atoms with Gasteiger partial charge in [0.15, 0.2) is 11.0 Å². The molecule has 3 aliphatic heterocycles. The van der Waals surface area contributed by atoms with Crippen molar-refractivity contribution in [3.05, 3.63) is 46.4 Å². The van der Waals surface area contributed by atoms with E-state index in [1.54, 1.807) is 0 Å². The highest BCUT2D eigenvalue weighted by molar-refractivity contribution is 7.99. The van der Waals surface area contributed by atoms with E-state index in [1.807, 2.05) is 42.1 Å². The maximum Gasteiger partial charge on any atom is 0.284 e. The minimum Gasteiger partial charge on any atom is -0.324 e. The summed E-state index contributed by atoms with van der Waals surface area (Å²) in [5.74, 6) is 0.609. The van der Waals surface area contributed by atoms with Gasteiger partial charge in [-0.1, -0.05) is 49.2 Å². The molecule has 1 aromatic carbocycles. The molecule has 0 atom stereocenters. The molecule has 1 fully saturated rings. The van der Waals surface area contributed by atoms with Crippen molar-refractivity contribution >= 4 is 11.8 Å². The highest BCUT2D eigenvalue weighted by atomic mass is 32.2. The van der Waals surface area contributed by atoms with E-state index in [-0.39, 0.29) is 5.56 Å². The molecule has 0 saturated heterocycles. The van der Waals surface area contributed by atoms with Crippen LogP contribution in [0.1, 0.15) is 50.6 Å². The molecular formula is C21H24N4OS. The minimum atomic E-state index is -0.0354. The van der Waals surface area contributed by atoms with Gasteiger partial charge in [0.25, 0.3) is 5.56 Å². The minimum absolute atomic E-state index is 0.0354. The Morgan fingerprint density at radius 1 is 1.00 bits per heavy atom. The van der Waals surface area contributed by atoms with Crippen molar-refractivity contribution in [1.29, 1.82) is 0 Å². The Labute approximate surface area is 163 Å². The van der Waals surface area contributed by atoms with Gasteiger partial charge in [0, 0.05) is 17.5 Å². The molecule has 5 rings (SSSR count). The number of rotatable bonds is 3. The van der Waals surface area contributed by atoms with Gasteiger partial charge in [0.1, 0.15) is 5.56 Å². The van der Waals surface area contributed by atoms with Gasteiger partial charge in [-0.3, -0.25) is 4.79 Å². The highest BCUT2D eigenvalue weighted by Gasteiger charge is 2.28. The van der Waals surface area contributed by atoms with E-state index in [9.17, 15) is 4.79 Å². The van der Waals surface area contributed by atoms with Crippen LogP contribution < -0.4 is 5.56 Å². The normalized spacial score (nSPS) is 17.9. The molecule has 27 heavy (non-hydrogen) atoms. The zero-order chi connectivity index (χ0) is 18.2. The molecule has 0 spiro atoms. The number of hydrogen-bond donors (Lipinski definition) is 0. The van der Waals surface area contributed by atoms with E-state index in [2.05, 4.69) is 9.67 Å². The van der Waals surface area contributed by atoms with Crippen molar-refractivity contribution in [2.24, 2.45) is 0 Å². The summed E-state index contributed by atoms with van der Waals surface area (Å²) < 4.78 is 3.85. The third-order valence-corrected chi connectivity index (χ3v) is 7.07. The van der Waals surface area contributed by atoms with E-state index in [0.29, 0.717) is 11.1 Å². The van der Waals surface area contributed by atoms with E-state index in [4.69, 9.17) is 4.98 Å². The summed E-state index contributed by atoms with van der Waals surface area (Å²) in [6.45, 7) is 0.962. The standard InChI is InChI=1S/C21H24N4OS/c26-20-18-17-13-5-2-8-14-24(17)21(27-16-11-6-7-12-16)22-19(18)23-25(20)15-9-3-1-4-10-15/h1,3-4,9-10,16H,2,5-8,11-14H2. The van der Waals surface area contributed by atoms with E-state index < -0.39 is 0 Å². The molecule has 0 aromatic heterocycles. The van der Waals surface area contributed by atoms with Gasteiger partial charge in [0.05, 0.1) is 5.69 Å². The Morgan fingerprint density at radius 2 is 1.81 bits per heavy atom. The summed E-state index contributed by atoms with van der Waals surface area (Å²) in [6.07, 6.45) is 9.60. The van der Waals surface area contributed by atoms with Crippen LogP contribution in [0.4, 0.5) is 0 Å². The predicted octanol–water partition coefficient (Wildman–Crippen LogP) is 4.29. The molecule has 0 radical (unpaired) electrons. The molecule has 0 bridgehead atoms. The second kappa shape index (κ2) is 7.15. The average Bonchev–Trinajstić information content (AvgIpc) is 3.23. The molecule has 1 aliphatic carbocycles. The molecule has 6 heteroatoms. The molecule has 5 nitrogen and oxygen atoms in total. The fraction of sp³-hybridized carbons (Fsp3) is 0.476. The van der Waals surface area contributed by atoms with Crippen LogP contribution in [0.3, 0.4) is 0 Å². The zero-order valence-electron chi connectivity index (χ0n) is 15.4. The lowest BCUT2D eigenvalue weighted by molar-refractivity contribution is 0.570. The SMILES string of the molecule is O=c1c2c3n(c(SC4CCCC4)nc-2nn1-c1ccccc1)CCCCC3. The second-order valence-corrected chi connectivity index (χ2v) is 8.85. The van der Waals surface area contributed by atoms with Crippen LogP contribution >= 0.6 is 11.8 Å². The molecule has 0 unspecified atom stereocenters. The van der Waals surface area contributed by atoms with Crippen LogP contribution in [0.2, 0.25) is 0 Å². The van der Waals surface area contributed by atoms with Gasteiger partial charge >= 0.3 is 0 Å². The van der Waals surface area contributed by atoms with Crippen LogP contribution in [0.15, 0.2) is 40.3 Å². The monoisotopic (exact) mass is 380 g/mol. The molecule has 1 saturated carbocycles. The van der Waals surface area contributed by atoms with Crippen molar-refractivity contribution in [2.75, 3.05) is 0 Å². The summed E-state index contributed by atoms with van der Waals surface area (Å²) in [6, 6.07) is 9.67. The van der Waals surface area contributed by atoms with Crippen molar-refractivity contribution in [3.63, 3.8) is 0 Å². The van der Waals surface area contributed by atoms with Gasteiger partial charge in [-0.25, -0.2) is 4.98 Å². The maximum absolute atomic E-state index is 13.2. The summed E-state index contributed by atoms with van der Waals surface area (Å²) >= 11 is 1.90. The second-order valence-electron chi connectivity index (χ2n) is 7.58. The Morgan fingerprint density at radius 3 is 2.63 bits per heavy atom. The number of benzene rings is 1. The number of para-hydroxylation sites is 1. The van der Waals surface area contributed by atoms with Crippen LogP contribution in [-0.4, -0.2) is 24.6 Å². The lowest BCUT2D eigenvalue weighted by Crippen LogP contribution is -2.19. The first kappa shape index (κ1) is 17.0. The zero-order valence-corrected chi connectivity index (χ0v) is 16.2. The quantitative estimate of drug-likeness (QED) is 0.636.